The van der Waals surface area contributed by atoms with E-state index >= 15 is 0 Å². The Morgan fingerprint density at radius 2 is 1.58 bits per heavy atom. The van der Waals surface area contributed by atoms with E-state index in [1.165, 1.54) is 59.7 Å². The molecular formula is C20H32O4. The Kier molecular flexibility index (Phi) is 12.6. The predicted octanol–water partition coefficient (Wildman–Crippen LogP) is 4.75. The van der Waals surface area contributed by atoms with Crippen LogP contribution in [0.15, 0.2) is 30.0 Å². The van der Waals surface area contributed by atoms with E-state index < -0.39 is 17.4 Å². The molecule has 136 valence electrons. The minimum Gasteiger partial charge on any atom is -0.468 e. The molecule has 0 amide bonds. The van der Waals surface area contributed by atoms with Gasteiger partial charge in [0.15, 0.2) is 5.41 Å². The Bertz CT molecular complexity index is 440. The van der Waals surface area contributed by atoms with Gasteiger partial charge in [-0.3, -0.25) is 9.59 Å². The molecule has 0 aromatic rings. The molecule has 4 nitrogen and oxygen atoms in total. The van der Waals surface area contributed by atoms with Crippen LogP contribution in [0.3, 0.4) is 0 Å². The summed E-state index contributed by atoms with van der Waals surface area (Å²) in [6, 6.07) is 0. The van der Waals surface area contributed by atoms with Crippen molar-refractivity contribution in [3.63, 3.8) is 0 Å². The van der Waals surface area contributed by atoms with Crippen LogP contribution in [0.1, 0.15) is 65.2 Å². The first kappa shape index (κ1) is 22.2. The van der Waals surface area contributed by atoms with Gasteiger partial charge in [0.05, 0.1) is 14.2 Å². The number of unbranched alkanes of at least 4 members (excludes halogenated alkanes) is 6. The van der Waals surface area contributed by atoms with Gasteiger partial charge in [0.1, 0.15) is 0 Å². The van der Waals surface area contributed by atoms with Crippen molar-refractivity contribution in [2.75, 3.05) is 14.2 Å². The fourth-order valence-corrected chi connectivity index (χ4v) is 2.31. The highest BCUT2D eigenvalue weighted by Gasteiger charge is 2.42. The maximum Gasteiger partial charge on any atom is 0.323 e. The summed E-state index contributed by atoms with van der Waals surface area (Å²) in [5.74, 6) is -1.19. The standard InChI is InChI=1S/C20H32O4/c1-5-6-7-8-9-10-11-12-13-14-15-16-17-20(2,18(21)23-3)19(22)24-4/h12,14-16H,5-11,17H2,1-4H3/b16-15+. The molecule has 0 N–H and O–H groups in total. The van der Waals surface area contributed by atoms with Gasteiger partial charge in [-0.1, -0.05) is 51.2 Å². The molecule has 0 atom stereocenters. The van der Waals surface area contributed by atoms with E-state index in [-0.39, 0.29) is 6.42 Å². The van der Waals surface area contributed by atoms with Crippen molar-refractivity contribution >= 4 is 11.9 Å². The molecule has 0 saturated carbocycles. The molecule has 0 aliphatic rings. The molecule has 0 aromatic carbocycles. The van der Waals surface area contributed by atoms with Gasteiger partial charge in [0.25, 0.3) is 0 Å². The number of carbonyl (C=O) groups is 2. The molecule has 0 rings (SSSR count). The molecule has 0 heterocycles. The Morgan fingerprint density at radius 3 is 2.17 bits per heavy atom. The summed E-state index contributed by atoms with van der Waals surface area (Å²) >= 11 is 0. The highest BCUT2D eigenvalue weighted by Crippen LogP contribution is 2.25. The number of ether oxygens (including phenoxy) is 2. The third-order valence-electron chi connectivity index (χ3n) is 3.95. The molecule has 0 saturated heterocycles. The van der Waals surface area contributed by atoms with E-state index in [1.807, 2.05) is 6.08 Å². The minimum atomic E-state index is -1.31. The number of allylic oxidation sites excluding steroid dienone is 3. The Hall–Kier alpha value is -1.80. The first-order chi connectivity index (χ1) is 11.5. The maximum absolute atomic E-state index is 11.8. The lowest BCUT2D eigenvalue weighted by molar-refractivity contribution is -0.167. The fourth-order valence-electron chi connectivity index (χ4n) is 2.31. The van der Waals surface area contributed by atoms with Crippen LogP contribution in [0.5, 0.6) is 0 Å². The molecule has 0 unspecified atom stereocenters. The first-order valence-electron chi connectivity index (χ1n) is 8.75. The molecule has 0 aromatic heterocycles. The normalized spacial score (nSPS) is 11.0. The third kappa shape index (κ3) is 8.73. The fraction of sp³-hybridized carbons (Fsp3) is 0.650. The van der Waals surface area contributed by atoms with Crippen LogP contribution < -0.4 is 0 Å². The molecule has 4 heteroatoms. The molecule has 0 aliphatic carbocycles. The number of hydrogen-bond donors (Lipinski definition) is 0. The second-order valence-corrected chi connectivity index (χ2v) is 6.04. The van der Waals surface area contributed by atoms with Crippen molar-refractivity contribution < 1.29 is 19.1 Å². The molecule has 0 aliphatic heterocycles. The first-order valence-corrected chi connectivity index (χ1v) is 8.75. The number of rotatable bonds is 12. The number of hydrogen-bond acceptors (Lipinski definition) is 4. The van der Waals surface area contributed by atoms with E-state index in [4.69, 9.17) is 9.47 Å². The zero-order valence-corrected chi connectivity index (χ0v) is 15.6. The zero-order chi connectivity index (χ0) is 18.3. The quantitative estimate of drug-likeness (QED) is 0.170. The van der Waals surface area contributed by atoms with Crippen LogP contribution in [-0.4, -0.2) is 26.2 Å². The summed E-state index contributed by atoms with van der Waals surface area (Å²) in [4.78, 5) is 23.6. The summed E-state index contributed by atoms with van der Waals surface area (Å²) in [7, 11) is 2.52. The average Bonchev–Trinajstić information content (AvgIpc) is 2.60. The Morgan fingerprint density at radius 1 is 1.00 bits per heavy atom. The van der Waals surface area contributed by atoms with Crippen molar-refractivity contribution in [2.24, 2.45) is 5.41 Å². The minimum absolute atomic E-state index is 0.224. The van der Waals surface area contributed by atoms with Crippen molar-refractivity contribution in [3.8, 4) is 0 Å². The van der Waals surface area contributed by atoms with Crippen molar-refractivity contribution in [3.05, 3.63) is 30.0 Å². The van der Waals surface area contributed by atoms with Crippen LogP contribution in [0.4, 0.5) is 0 Å². The third-order valence-corrected chi connectivity index (χ3v) is 3.95. The molecule has 24 heavy (non-hydrogen) atoms. The number of esters is 2. The van der Waals surface area contributed by atoms with E-state index in [1.54, 1.807) is 18.2 Å². The number of methoxy groups -OCH3 is 2. The smallest absolute Gasteiger partial charge is 0.323 e. The van der Waals surface area contributed by atoms with E-state index in [9.17, 15) is 9.59 Å². The molecule has 0 fully saturated rings. The van der Waals surface area contributed by atoms with E-state index in [0.29, 0.717) is 0 Å². The van der Waals surface area contributed by atoms with Crippen LogP contribution in [-0.2, 0) is 19.1 Å². The monoisotopic (exact) mass is 336 g/mol. The predicted molar refractivity (Wildman–Crippen MR) is 96.5 cm³/mol. The maximum atomic E-state index is 11.8. The van der Waals surface area contributed by atoms with Crippen molar-refractivity contribution in [2.45, 2.75) is 65.2 Å². The van der Waals surface area contributed by atoms with E-state index in [2.05, 4.69) is 12.7 Å². The molecule has 0 spiro atoms. The largest absolute Gasteiger partial charge is 0.468 e. The number of carbonyl (C=O) groups excluding carboxylic acids is 2. The molecule has 0 bridgehead atoms. The van der Waals surface area contributed by atoms with Gasteiger partial charge < -0.3 is 9.47 Å². The van der Waals surface area contributed by atoms with Crippen LogP contribution >= 0.6 is 0 Å². The summed E-state index contributed by atoms with van der Waals surface area (Å²) < 4.78 is 9.38. The van der Waals surface area contributed by atoms with Gasteiger partial charge in [-0.2, -0.15) is 0 Å². The summed E-state index contributed by atoms with van der Waals surface area (Å²) in [6.07, 6.45) is 16.3. The second-order valence-electron chi connectivity index (χ2n) is 6.04. The van der Waals surface area contributed by atoms with E-state index in [0.717, 1.165) is 6.42 Å². The van der Waals surface area contributed by atoms with Gasteiger partial charge in [0.2, 0.25) is 0 Å². The highest BCUT2D eigenvalue weighted by molar-refractivity contribution is 5.99. The van der Waals surface area contributed by atoms with Crippen molar-refractivity contribution in [1.29, 1.82) is 0 Å². The van der Waals surface area contributed by atoms with Gasteiger partial charge in [0, 0.05) is 0 Å². The Labute approximate surface area is 146 Å². The lowest BCUT2D eigenvalue weighted by atomic mass is 9.86. The van der Waals surface area contributed by atoms with Crippen LogP contribution in [0.2, 0.25) is 0 Å². The van der Waals surface area contributed by atoms with Crippen LogP contribution in [0.25, 0.3) is 0 Å². The molecule has 0 radical (unpaired) electrons. The van der Waals surface area contributed by atoms with Gasteiger partial charge in [-0.15, -0.1) is 5.73 Å². The lowest BCUT2D eigenvalue weighted by Crippen LogP contribution is -2.38. The van der Waals surface area contributed by atoms with Gasteiger partial charge in [-0.05, 0) is 38.3 Å². The molecular weight excluding hydrogens is 304 g/mol. The Balaban J connectivity index is 4.21. The zero-order valence-electron chi connectivity index (χ0n) is 15.6. The average molecular weight is 336 g/mol. The SMILES string of the molecule is CCCCCCCCC=C=C/C=C/CC(C)(C(=O)OC)C(=O)OC. The van der Waals surface area contributed by atoms with Crippen LogP contribution in [0, 0.1) is 5.41 Å². The topological polar surface area (TPSA) is 52.6 Å². The highest BCUT2D eigenvalue weighted by atomic mass is 16.5. The lowest BCUT2D eigenvalue weighted by Gasteiger charge is -2.21. The van der Waals surface area contributed by atoms with Gasteiger partial charge >= 0.3 is 11.9 Å². The van der Waals surface area contributed by atoms with Crippen molar-refractivity contribution in [1.82, 2.24) is 0 Å². The second kappa shape index (κ2) is 13.6. The summed E-state index contributed by atoms with van der Waals surface area (Å²) in [5.41, 5.74) is 1.78. The summed E-state index contributed by atoms with van der Waals surface area (Å²) in [5, 5.41) is 0. The van der Waals surface area contributed by atoms with Gasteiger partial charge in [-0.25, -0.2) is 0 Å². The summed E-state index contributed by atoms with van der Waals surface area (Å²) in [6.45, 7) is 3.74.